The predicted molar refractivity (Wildman–Crippen MR) is 80.9 cm³/mol. The first-order valence-electron chi connectivity index (χ1n) is 7.70. The Morgan fingerprint density at radius 1 is 0.833 bits per heavy atom. The highest BCUT2D eigenvalue weighted by molar-refractivity contribution is 4.65. The van der Waals surface area contributed by atoms with Gasteiger partial charge in [-0.05, 0) is 49.6 Å². The van der Waals surface area contributed by atoms with Crippen LogP contribution in [0.15, 0.2) is 0 Å². The van der Waals surface area contributed by atoms with Crippen LogP contribution in [0.2, 0.25) is 0 Å². The number of hydrogen-bond acceptors (Lipinski definition) is 2. The SMILES string of the molecule is CC(C)CNCC(CCOCC(C)C)CC(C)C. The third-order valence-corrected chi connectivity index (χ3v) is 2.91. The van der Waals surface area contributed by atoms with Gasteiger partial charge in [0.25, 0.3) is 0 Å². The molecule has 0 aromatic heterocycles. The molecule has 0 aromatic carbocycles. The van der Waals surface area contributed by atoms with Gasteiger partial charge in [0.05, 0.1) is 0 Å². The predicted octanol–water partition coefficient (Wildman–Crippen LogP) is 3.96. The summed E-state index contributed by atoms with van der Waals surface area (Å²) in [6, 6.07) is 0. The zero-order valence-corrected chi connectivity index (χ0v) is 13.5. The lowest BCUT2D eigenvalue weighted by atomic mass is 9.94. The minimum absolute atomic E-state index is 0.646. The van der Waals surface area contributed by atoms with Crippen LogP contribution in [0.1, 0.15) is 54.4 Å². The van der Waals surface area contributed by atoms with Crippen molar-refractivity contribution < 1.29 is 4.74 Å². The molecule has 1 unspecified atom stereocenters. The van der Waals surface area contributed by atoms with Gasteiger partial charge in [-0.15, -0.1) is 0 Å². The molecule has 2 nitrogen and oxygen atoms in total. The Kier molecular flexibility index (Phi) is 10.8. The molecule has 0 heterocycles. The summed E-state index contributed by atoms with van der Waals surface area (Å²) >= 11 is 0. The summed E-state index contributed by atoms with van der Waals surface area (Å²) in [5.41, 5.74) is 0. The van der Waals surface area contributed by atoms with Crippen LogP contribution in [0.25, 0.3) is 0 Å². The van der Waals surface area contributed by atoms with Gasteiger partial charge >= 0.3 is 0 Å². The lowest BCUT2D eigenvalue weighted by Crippen LogP contribution is -2.28. The molecule has 0 saturated carbocycles. The number of hydrogen-bond donors (Lipinski definition) is 1. The summed E-state index contributed by atoms with van der Waals surface area (Å²) < 4.78 is 5.71. The first kappa shape index (κ1) is 17.9. The van der Waals surface area contributed by atoms with Crippen molar-refractivity contribution in [2.45, 2.75) is 54.4 Å². The van der Waals surface area contributed by atoms with Gasteiger partial charge in [-0.2, -0.15) is 0 Å². The van der Waals surface area contributed by atoms with Crippen LogP contribution in [0, 0.1) is 23.7 Å². The maximum atomic E-state index is 5.71. The van der Waals surface area contributed by atoms with Gasteiger partial charge in [0.2, 0.25) is 0 Å². The second kappa shape index (κ2) is 10.8. The van der Waals surface area contributed by atoms with E-state index in [1.807, 2.05) is 0 Å². The van der Waals surface area contributed by atoms with Crippen molar-refractivity contribution in [2.75, 3.05) is 26.3 Å². The molecular formula is C16H35NO. The average molecular weight is 257 g/mol. The Morgan fingerprint density at radius 2 is 1.50 bits per heavy atom. The van der Waals surface area contributed by atoms with Crippen molar-refractivity contribution in [3.8, 4) is 0 Å². The van der Waals surface area contributed by atoms with Crippen molar-refractivity contribution >= 4 is 0 Å². The van der Waals surface area contributed by atoms with E-state index in [2.05, 4.69) is 46.9 Å². The van der Waals surface area contributed by atoms with E-state index in [0.717, 1.165) is 44.1 Å². The van der Waals surface area contributed by atoms with Gasteiger partial charge in [-0.1, -0.05) is 41.5 Å². The van der Waals surface area contributed by atoms with E-state index in [4.69, 9.17) is 4.74 Å². The second-order valence-electron chi connectivity index (χ2n) is 6.81. The lowest BCUT2D eigenvalue weighted by molar-refractivity contribution is 0.0951. The number of rotatable bonds is 11. The maximum Gasteiger partial charge on any atom is 0.0488 e. The molecule has 2 heteroatoms. The number of ether oxygens (including phenoxy) is 1. The molecule has 0 aromatic rings. The van der Waals surface area contributed by atoms with Gasteiger partial charge < -0.3 is 10.1 Å². The molecule has 0 aliphatic heterocycles. The average Bonchev–Trinajstić information content (AvgIpc) is 2.22. The molecule has 0 spiro atoms. The fraction of sp³-hybridized carbons (Fsp3) is 1.00. The van der Waals surface area contributed by atoms with Crippen LogP contribution < -0.4 is 5.32 Å². The lowest BCUT2D eigenvalue weighted by Gasteiger charge is -2.20. The molecular weight excluding hydrogens is 222 g/mol. The fourth-order valence-electron chi connectivity index (χ4n) is 2.12. The number of nitrogens with one attached hydrogen (secondary N) is 1. The Morgan fingerprint density at radius 3 is 2.00 bits per heavy atom. The van der Waals surface area contributed by atoms with Gasteiger partial charge in [0.1, 0.15) is 0 Å². The third kappa shape index (κ3) is 12.4. The Bertz CT molecular complexity index is 178. The molecule has 0 radical (unpaired) electrons. The van der Waals surface area contributed by atoms with Crippen LogP contribution in [-0.2, 0) is 4.74 Å². The molecule has 110 valence electrons. The molecule has 0 rings (SSSR count). The molecule has 0 amide bonds. The van der Waals surface area contributed by atoms with E-state index in [0.29, 0.717) is 5.92 Å². The summed E-state index contributed by atoms with van der Waals surface area (Å²) in [5, 5.41) is 3.58. The van der Waals surface area contributed by atoms with Crippen molar-refractivity contribution in [3.63, 3.8) is 0 Å². The van der Waals surface area contributed by atoms with Crippen molar-refractivity contribution in [3.05, 3.63) is 0 Å². The van der Waals surface area contributed by atoms with Crippen molar-refractivity contribution in [2.24, 2.45) is 23.7 Å². The smallest absolute Gasteiger partial charge is 0.0488 e. The van der Waals surface area contributed by atoms with E-state index >= 15 is 0 Å². The van der Waals surface area contributed by atoms with Crippen LogP contribution in [-0.4, -0.2) is 26.3 Å². The zero-order chi connectivity index (χ0) is 14.0. The summed E-state index contributed by atoms with van der Waals surface area (Å²) in [6.45, 7) is 17.6. The molecule has 1 N–H and O–H groups in total. The summed E-state index contributed by atoms with van der Waals surface area (Å²) in [5.74, 6) is 2.92. The first-order valence-corrected chi connectivity index (χ1v) is 7.70. The molecule has 0 bridgehead atoms. The Labute approximate surface area is 115 Å². The third-order valence-electron chi connectivity index (χ3n) is 2.91. The molecule has 0 aliphatic rings. The van der Waals surface area contributed by atoms with Crippen molar-refractivity contribution in [1.82, 2.24) is 5.32 Å². The quantitative estimate of drug-likeness (QED) is 0.566. The van der Waals surface area contributed by atoms with E-state index in [-0.39, 0.29) is 0 Å². The normalized spacial score (nSPS) is 13.8. The summed E-state index contributed by atoms with van der Waals surface area (Å²) in [4.78, 5) is 0. The molecule has 0 aliphatic carbocycles. The van der Waals surface area contributed by atoms with Gasteiger partial charge in [0, 0.05) is 13.2 Å². The summed E-state index contributed by atoms with van der Waals surface area (Å²) in [7, 11) is 0. The molecule has 0 saturated heterocycles. The summed E-state index contributed by atoms with van der Waals surface area (Å²) in [6.07, 6.45) is 2.49. The second-order valence-corrected chi connectivity index (χ2v) is 6.81. The van der Waals surface area contributed by atoms with Crippen LogP contribution in [0.5, 0.6) is 0 Å². The first-order chi connectivity index (χ1) is 8.41. The highest BCUT2D eigenvalue weighted by Crippen LogP contribution is 2.15. The Balaban J connectivity index is 3.77. The zero-order valence-electron chi connectivity index (χ0n) is 13.5. The van der Waals surface area contributed by atoms with Gasteiger partial charge in [0.15, 0.2) is 0 Å². The topological polar surface area (TPSA) is 21.3 Å². The van der Waals surface area contributed by atoms with Crippen molar-refractivity contribution in [1.29, 1.82) is 0 Å². The fourth-order valence-corrected chi connectivity index (χ4v) is 2.12. The van der Waals surface area contributed by atoms with E-state index in [1.165, 1.54) is 12.8 Å². The van der Waals surface area contributed by atoms with Crippen LogP contribution in [0.3, 0.4) is 0 Å². The highest BCUT2D eigenvalue weighted by Gasteiger charge is 2.11. The minimum atomic E-state index is 0.646. The van der Waals surface area contributed by atoms with Crippen LogP contribution >= 0.6 is 0 Å². The Hall–Kier alpha value is -0.0800. The van der Waals surface area contributed by atoms with E-state index in [9.17, 15) is 0 Å². The molecule has 18 heavy (non-hydrogen) atoms. The standard InChI is InChI=1S/C16H35NO/c1-13(2)9-16(11-17-10-14(3)4)7-8-18-12-15(5)6/h13-17H,7-12H2,1-6H3. The van der Waals surface area contributed by atoms with Gasteiger partial charge in [-0.25, -0.2) is 0 Å². The molecule has 1 atom stereocenters. The van der Waals surface area contributed by atoms with Gasteiger partial charge in [-0.3, -0.25) is 0 Å². The largest absolute Gasteiger partial charge is 0.381 e. The van der Waals surface area contributed by atoms with E-state index in [1.54, 1.807) is 0 Å². The van der Waals surface area contributed by atoms with Crippen LogP contribution in [0.4, 0.5) is 0 Å². The van der Waals surface area contributed by atoms with E-state index < -0.39 is 0 Å². The highest BCUT2D eigenvalue weighted by atomic mass is 16.5. The monoisotopic (exact) mass is 257 g/mol. The molecule has 0 fully saturated rings. The maximum absolute atomic E-state index is 5.71. The minimum Gasteiger partial charge on any atom is -0.381 e.